The second-order valence-electron chi connectivity index (χ2n) is 3.57. The van der Waals surface area contributed by atoms with E-state index in [1.807, 2.05) is 0 Å². The number of halogens is 1. The van der Waals surface area contributed by atoms with E-state index in [1.165, 1.54) is 18.2 Å². The van der Waals surface area contributed by atoms with Crippen LogP contribution in [0.5, 0.6) is 0 Å². The number of aliphatic hydroxyl groups excluding tert-OH is 2. The van der Waals surface area contributed by atoms with Gasteiger partial charge in [0, 0.05) is 10.6 Å². The van der Waals surface area contributed by atoms with E-state index in [0.717, 1.165) is 0 Å². The highest BCUT2D eigenvalue weighted by atomic mass is 35.5. The molecule has 0 radical (unpaired) electrons. The molecule has 6 heteroatoms. The Morgan fingerprint density at radius 1 is 1.41 bits per heavy atom. The number of aliphatic hydroxyl groups is 2. The maximum Gasteiger partial charge on any atom is 0.335 e. The average Bonchev–Trinajstić information content (AvgIpc) is 2.28. The summed E-state index contributed by atoms with van der Waals surface area (Å²) in [7, 11) is 0. The van der Waals surface area contributed by atoms with Crippen molar-refractivity contribution >= 4 is 30.2 Å². The van der Waals surface area contributed by atoms with E-state index in [4.69, 9.17) is 16.7 Å². The summed E-state index contributed by atoms with van der Waals surface area (Å²) >= 11 is 9.81. The van der Waals surface area contributed by atoms with E-state index in [0.29, 0.717) is 17.7 Å². The first kappa shape index (κ1) is 14.3. The molecule has 0 saturated heterocycles. The monoisotopic (exact) mass is 276 g/mol. The summed E-state index contributed by atoms with van der Waals surface area (Å²) in [6, 6.07) is 3.98. The van der Waals surface area contributed by atoms with Gasteiger partial charge in [-0.05, 0) is 24.3 Å². The molecule has 0 fully saturated rings. The molecular weight excluding hydrogens is 264 g/mol. The lowest BCUT2D eigenvalue weighted by Gasteiger charge is -2.18. The zero-order chi connectivity index (χ0) is 13.0. The van der Waals surface area contributed by atoms with Crippen LogP contribution in [0.15, 0.2) is 18.2 Å². The molecule has 0 saturated carbocycles. The fraction of sp³-hybridized carbons (Fsp3) is 0.364. The molecule has 3 N–H and O–H groups in total. The van der Waals surface area contributed by atoms with Gasteiger partial charge in [-0.25, -0.2) is 4.79 Å². The molecule has 0 aromatic heterocycles. The Morgan fingerprint density at radius 3 is 2.53 bits per heavy atom. The lowest BCUT2D eigenvalue weighted by Crippen LogP contribution is -2.19. The predicted molar refractivity (Wildman–Crippen MR) is 67.8 cm³/mol. The fourth-order valence-corrected chi connectivity index (χ4v) is 1.95. The number of carboxylic acids is 1. The first-order chi connectivity index (χ1) is 7.97. The Hall–Kier alpha value is -0.750. The van der Waals surface area contributed by atoms with Crippen LogP contribution in [0.1, 0.15) is 28.4 Å². The summed E-state index contributed by atoms with van der Waals surface area (Å²) in [5, 5.41) is 28.3. The van der Waals surface area contributed by atoms with Gasteiger partial charge in [0.25, 0.3) is 0 Å². The average molecular weight is 277 g/mol. The molecular formula is C11H13ClO4S. The van der Waals surface area contributed by atoms with Crippen LogP contribution in [-0.4, -0.2) is 33.1 Å². The number of rotatable bonds is 5. The van der Waals surface area contributed by atoms with Crippen molar-refractivity contribution in [3.8, 4) is 0 Å². The molecule has 1 aromatic rings. The number of benzene rings is 1. The van der Waals surface area contributed by atoms with Gasteiger partial charge in [0.2, 0.25) is 0 Å². The molecule has 0 bridgehead atoms. The number of hydrogen-bond donors (Lipinski definition) is 4. The number of thiol groups is 1. The maximum absolute atomic E-state index is 10.7. The molecule has 2 unspecified atom stereocenters. The van der Waals surface area contributed by atoms with Gasteiger partial charge >= 0.3 is 5.97 Å². The molecule has 0 amide bonds. The lowest BCUT2D eigenvalue weighted by atomic mass is 10.0. The van der Waals surface area contributed by atoms with Crippen molar-refractivity contribution in [2.24, 2.45) is 0 Å². The topological polar surface area (TPSA) is 77.8 Å². The summed E-state index contributed by atoms with van der Waals surface area (Å²) in [5.74, 6) is -0.660. The molecule has 0 aliphatic rings. The normalized spacial score (nSPS) is 14.4. The number of aromatic carboxylic acids is 1. The molecule has 0 aliphatic heterocycles. The summed E-state index contributed by atoms with van der Waals surface area (Å²) in [6.45, 7) is 0. The van der Waals surface area contributed by atoms with Crippen molar-refractivity contribution in [3.05, 3.63) is 34.3 Å². The second kappa shape index (κ2) is 6.26. The largest absolute Gasteiger partial charge is 0.478 e. The molecule has 1 aromatic carbocycles. The van der Waals surface area contributed by atoms with Crippen LogP contribution < -0.4 is 0 Å². The van der Waals surface area contributed by atoms with Gasteiger partial charge in [-0.1, -0.05) is 17.7 Å². The quantitative estimate of drug-likeness (QED) is 0.618. The van der Waals surface area contributed by atoms with Crippen molar-refractivity contribution < 1.29 is 20.1 Å². The first-order valence-corrected chi connectivity index (χ1v) is 5.98. The van der Waals surface area contributed by atoms with Crippen LogP contribution in [0.2, 0.25) is 5.02 Å². The van der Waals surface area contributed by atoms with Gasteiger partial charge in [-0.3, -0.25) is 0 Å². The Bertz CT molecular complexity index is 410. The van der Waals surface area contributed by atoms with Crippen LogP contribution in [0.25, 0.3) is 0 Å². The van der Waals surface area contributed by atoms with Crippen molar-refractivity contribution in [1.82, 2.24) is 0 Å². The van der Waals surface area contributed by atoms with E-state index >= 15 is 0 Å². The van der Waals surface area contributed by atoms with Crippen molar-refractivity contribution in [2.45, 2.75) is 18.6 Å². The Kier molecular flexibility index (Phi) is 5.27. The zero-order valence-electron chi connectivity index (χ0n) is 8.88. The third kappa shape index (κ3) is 3.61. The Balaban J connectivity index is 2.95. The molecule has 0 spiro atoms. The molecule has 17 heavy (non-hydrogen) atoms. The fourth-order valence-electron chi connectivity index (χ4n) is 1.40. The first-order valence-electron chi connectivity index (χ1n) is 4.97. The van der Waals surface area contributed by atoms with Gasteiger partial charge in [0.1, 0.15) is 6.10 Å². The molecule has 1 rings (SSSR count). The molecule has 0 heterocycles. The smallest absolute Gasteiger partial charge is 0.335 e. The van der Waals surface area contributed by atoms with Crippen LogP contribution >= 0.6 is 24.2 Å². The summed E-state index contributed by atoms with van der Waals surface area (Å²) in [6.07, 6.45) is -1.79. The summed E-state index contributed by atoms with van der Waals surface area (Å²) < 4.78 is 0. The van der Waals surface area contributed by atoms with Gasteiger partial charge in [0.15, 0.2) is 0 Å². The van der Waals surface area contributed by atoms with Gasteiger partial charge in [0.05, 0.1) is 11.7 Å². The SMILES string of the molecule is O=C(O)c1ccc(C(O)C(O)CCS)c(Cl)c1. The third-order valence-corrected chi connectivity index (χ3v) is 2.94. The highest BCUT2D eigenvalue weighted by Crippen LogP contribution is 2.27. The van der Waals surface area contributed by atoms with Gasteiger partial charge < -0.3 is 15.3 Å². The molecule has 94 valence electrons. The van der Waals surface area contributed by atoms with E-state index in [2.05, 4.69) is 12.6 Å². The highest BCUT2D eigenvalue weighted by molar-refractivity contribution is 7.80. The summed E-state index contributed by atoms with van der Waals surface area (Å²) in [5.41, 5.74) is 0.348. The van der Waals surface area contributed by atoms with Crippen molar-refractivity contribution in [3.63, 3.8) is 0 Å². The van der Waals surface area contributed by atoms with Crippen LogP contribution in [-0.2, 0) is 0 Å². The van der Waals surface area contributed by atoms with Crippen LogP contribution in [0.4, 0.5) is 0 Å². The van der Waals surface area contributed by atoms with E-state index < -0.39 is 18.2 Å². The Morgan fingerprint density at radius 2 is 2.06 bits per heavy atom. The standard InChI is InChI=1S/C11H13ClO4S/c12-8-5-6(11(15)16)1-2-7(8)10(14)9(13)3-4-17/h1-2,5,9-10,13-14,17H,3-4H2,(H,15,16). The summed E-state index contributed by atoms with van der Waals surface area (Å²) in [4.78, 5) is 10.7. The second-order valence-corrected chi connectivity index (χ2v) is 4.42. The minimum Gasteiger partial charge on any atom is -0.478 e. The van der Waals surface area contributed by atoms with Gasteiger partial charge in [-0.15, -0.1) is 0 Å². The van der Waals surface area contributed by atoms with E-state index in [9.17, 15) is 15.0 Å². The zero-order valence-corrected chi connectivity index (χ0v) is 10.5. The molecule has 0 aliphatic carbocycles. The highest BCUT2D eigenvalue weighted by Gasteiger charge is 2.20. The van der Waals surface area contributed by atoms with Crippen LogP contribution in [0.3, 0.4) is 0 Å². The number of hydrogen-bond acceptors (Lipinski definition) is 4. The van der Waals surface area contributed by atoms with Crippen molar-refractivity contribution in [2.75, 3.05) is 5.75 Å². The number of carboxylic acid groups (broad SMARTS) is 1. The minimum atomic E-state index is -1.14. The molecule has 4 nitrogen and oxygen atoms in total. The lowest BCUT2D eigenvalue weighted by molar-refractivity contribution is 0.0173. The van der Waals surface area contributed by atoms with E-state index in [1.54, 1.807) is 0 Å². The van der Waals surface area contributed by atoms with Crippen LogP contribution in [0, 0.1) is 0 Å². The maximum atomic E-state index is 10.7. The Labute approximate surface area is 109 Å². The predicted octanol–water partition coefficient (Wildman–Crippen LogP) is 1.75. The number of carbonyl (C=O) groups is 1. The third-order valence-electron chi connectivity index (χ3n) is 2.36. The minimum absolute atomic E-state index is 0.0367. The van der Waals surface area contributed by atoms with Crippen molar-refractivity contribution in [1.29, 1.82) is 0 Å². The molecule has 2 atom stereocenters. The van der Waals surface area contributed by atoms with Gasteiger partial charge in [-0.2, -0.15) is 12.6 Å². The van der Waals surface area contributed by atoms with E-state index in [-0.39, 0.29) is 10.6 Å².